The van der Waals surface area contributed by atoms with Crippen LogP contribution < -0.4 is 10.6 Å². The van der Waals surface area contributed by atoms with Crippen LogP contribution in [0.1, 0.15) is 32.3 Å². The van der Waals surface area contributed by atoms with E-state index in [9.17, 15) is 0 Å². The van der Waals surface area contributed by atoms with Crippen LogP contribution in [0.25, 0.3) is 10.9 Å². The number of guanidine groups is 1. The first kappa shape index (κ1) is 19.7. The molecule has 0 saturated carbocycles. The summed E-state index contributed by atoms with van der Waals surface area (Å²) in [4.78, 5) is 10.4. The summed E-state index contributed by atoms with van der Waals surface area (Å²) in [6, 6.07) is 8.47. The number of aromatic amines is 1. The summed E-state index contributed by atoms with van der Waals surface area (Å²) in [5.41, 5.74) is 2.56. The number of nitrogens with zero attached hydrogens (tertiary/aromatic N) is 2. The van der Waals surface area contributed by atoms with Gasteiger partial charge in [-0.25, -0.2) is 0 Å². The van der Waals surface area contributed by atoms with Gasteiger partial charge >= 0.3 is 0 Å². The van der Waals surface area contributed by atoms with Gasteiger partial charge in [-0.1, -0.05) is 32.0 Å². The molecule has 0 aliphatic carbocycles. The Labute approximate surface area is 163 Å². The van der Waals surface area contributed by atoms with Crippen molar-refractivity contribution in [2.75, 3.05) is 39.8 Å². The number of piperidine rings is 1. The quantitative estimate of drug-likeness (QED) is 0.519. The molecule has 5 heteroatoms. The molecule has 0 spiro atoms. The van der Waals surface area contributed by atoms with Gasteiger partial charge in [-0.15, -0.1) is 0 Å². The van der Waals surface area contributed by atoms with Gasteiger partial charge in [0.1, 0.15) is 0 Å². The number of H-pyrrole nitrogens is 1. The van der Waals surface area contributed by atoms with Crippen molar-refractivity contribution in [1.82, 2.24) is 20.5 Å². The number of likely N-dealkylation sites (tertiary alicyclic amines) is 1. The highest BCUT2D eigenvalue weighted by atomic mass is 15.2. The molecule has 0 radical (unpaired) electrons. The first-order valence-corrected chi connectivity index (χ1v) is 10.4. The molecule has 1 aromatic carbocycles. The average Bonchev–Trinajstić information content (AvgIpc) is 3.07. The highest BCUT2D eigenvalue weighted by Gasteiger charge is 2.20. The molecule has 1 unspecified atom stereocenters. The largest absolute Gasteiger partial charge is 0.361 e. The second-order valence-corrected chi connectivity index (χ2v) is 8.15. The van der Waals surface area contributed by atoms with Crippen molar-refractivity contribution in [2.45, 2.75) is 33.1 Å². The van der Waals surface area contributed by atoms with Crippen LogP contribution in [0.4, 0.5) is 0 Å². The van der Waals surface area contributed by atoms with Crippen molar-refractivity contribution in [3.05, 3.63) is 36.0 Å². The van der Waals surface area contributed by atoms with E-state index in [1.54, 1.807) is 0 Å². The van der Waals surface area contributed by atoms with E-state index in [-0.39, 0.29) is 0 Å². The molecule has 1 atom stereocenters. The number of aromatic nitrogens is 1. The summed E-state index contributed by atoms with van der Waals surface area (Å²) in [5, 5.41) is 8.32. The fourth-order valence-corrected chi connectivity index (χ4v) is 4.12. The Balaban J connectivity index is 1.42. The van der Waals surface area contributed by atoms with E-state index < -0.39 is 0 Å². The van der Waals surface area contributed by atoms with E-state index in [2.05, 4.69) is 69.8 Å². The average molecular weight is 370 g/mol. The maximum Gasteiger partial charge on any atom is 0.190 e. The minimum atomic E-state index is 0.713. The maximum absolute atomic E-state index is 4.39. The second-order valence-electron chi connectivity index (χ2n) is 8.15. The van der Waals surface area contributed by atoms with Crippen LogP contribution in [-0.2, 0) is 6.42 Å². The Kier molecular flexibility index (Phi) is 7.16. The van der Waals surface area contributed by atoms with Gasteiger partial charge in [0.25, 0.3) is 0 Å². The van der Waals surface area contributed by atoms with E-state index in [0.29, 0.717) is 5.92 Å². The number of fused-ring (bicyclic) bond motifs is 1. The molecule has 1 aliphatic heterocycles. The van der Waals surface area contributed by atoms with E-state index >= 15 is 0 Å². The van der Waals surface area contributed by atoms with Gasteiger partial charge in [0.15, 0.2) is 5.96 Å². The van der Waals surface area contributed by atoms with E-state index in [0.717, 1.165) is 31.4 Å². The molecule has 5 nitrogen and oxygen atoms in total. The van der Waals surface area contributed by atoms with Gasteiger partial charge < -0.3 is 20.5 Å². The number of para-hydroxylation sites is 1. The Morgan fingerprint density at radius 1 is 1.30 bits per heavy atom. The number of hydrogen-bond donors (Lipinski definition) is 3. The summed E-state index contributed by atoms with van der Waals surface area (Å²) in [5.74, 6) is 2.37. The molecule has 27 heavy (non-hydrogen) atoms. The van der Waals surface area contributed by atoms with Crippen LogP contribution in [0.15, 0.2) is 35.5 Å². The summed E-state index contributed by atoms with van der Waals surface area (Å²) in [7, 11) is 1.85. The van der Waals surface area contributed by atoms with E-state index in [4.69, 9.17) is 0 Å². The van der Waals surface area contributed by atoms with Gasteiger partial charge in [0.2, 0.25) is 0 Å². The standard InChI is InChI=1S/C22H35N5/c1-17(2)15-27-12-6-7-18(16-27)13-26-22(23-3)24-11-10-19-14-25-21-9-5-4-8-20(19)21/h4-5,8-9,14,17-18,25H,6-7,10-13,15-16H2,1-3H3,(H2,23,24,26). The molecule has 1 aliphatic rings. The van der Waals surface area contributed by atoms with Crippen LogP contribution in [-0.4, -0.2) is 55.6 Å². The molecule has 2 heterocycles. The molecule has 1 aromatic heterocycles. The number of nitrogens with one attached hydrogen (secondary N) is 3. The summed E-state index contributed by atoms with van der Waals surface area (Å²) >= 11 is 0. The van der Waals surface area contributed by atoms with Gasteiger partial charge in [0, 0.05) is 50.3 Å². The second kappa shape index (κ2) is 9.79. The zero-order valence-electron chi connectivity index (χ0n) is 17.1. The van der Waals surface area contributed by atoms with Crippen molar-refractivity contribution < 1.29 is 0 Å². The third-order valence-electron chi connectivity index (χ3n) is 5.37. The van der Waals surface area contributed by atoms with Crippen LogP contribution in [0.3, 0.4) is 0 Å². The minimum Gasteiger partial charge on any atom is -0.361 e. The number of aliphatic imine (C=N–C) groups is 1. The smallest absolute Gasteiger partial charge is 0.190 e. The van der Waals surface area contributed by atoms with Crippen molar-refractivity contribution in [3.63, 3.8) is 0 Å². The predicted octanol–water partition coefficient (Wildman–Crippen LogP) is 3.24. The molecule has 3 N–H and O–H groups in total. The monoisotopic (exact) mass is 369 g/mol. The molecule has 0 bridgehead atoms. The molecule has 0 amide bonds. The number of rotatable bonds is 7. The zero-order chi connectivity index (χ0) is 19.1. The van der Waals surface area contributed by atoms with Crippen LogP contribution >= 0.6 is 0 Å². The number of hydrogen-bond acceptors (Lipinski definition) is 2. The van der Waals surface area contributed by atoms with Gasteiger partial charge in [-0.05, 0) is 49.3 Å². The molecule has 1 fully saturated rings. The third-order valence-corrected chi connectivity index (χ3v) is 5.37. The van der Waals surface area contributed by atoms with E-state index in [1.165, 1.54) is 48.9 Å². The molecular formula is C22H35N5. The van der Waals surface area contributed by atoms with Gasteiger partial charge in [-0.2, -0.15) is 0 Å². The Morgan fingerprint density at radius 2 is 2.15 bits per heavy atom. The van der Waals surface area contributed by atoms with Gasteiger partial charge in [0.05, 0.1) is 0 Å². The Hall–Kier alpha value is -2.01. The Bertz CT molecular complexity index is 733. The SMILES string of the molecule is CN=C(NCCc1c[nH]c2ccccc12)NCC1CCCN(CC(C)C)C1. The molecular weight excluding hydrogens is 334 g/mol. The fourth-order valence-electron chi connectivity index (χ4n) is 4.12. The molecule has 3 rings (SSSR count). The lowest BCUT2D eigenvalue weighted by molar-refractivity contribution is 0.159. The first-order chi connectivity index (χ1) is 13.2. The van der Waals surface area contributed by atoms with Crippen molar-refractivity contribution in [2.24, 2.45) is 16.8 Å². The maximum atomic E-state index is 4.39. The topological polar surface area (TPSA) is 55.5 Å². The highest BCUT2D eigenvalue weighted by Crippen LogP contribution is 2.18. The third kappa shape index (κ3) is 5.73. The van der Waals surface area contributed by atoms with Crippen molar-refractivity contribution in [1.29, 1.82) is 0 Å². The molecule has 2 aromatic rings. The van der Waals surface area contributed by atoms with Gasteiger partial charge in [-0.3, -0.25) is 4.99 Å². The summed E-state index contributed by atoms with van der Waals surface area (Å²) < 4.78 is 0. The summed E-state index contributed by atoms with van der Waals surface area (Å²) in [6.07, 6.45) is 5.73. The van der Waals surface area contributed by atoms with Crippen LogP contribution in [0.5, 0.6) is 0 Å². The lowest BCUT2D eigenvalue weighted by Crippen LogP contribution is -2.45. The lowest BCUT2D eigenvalue weighted by atomic mass is 9.97. The normalized spacial score (nSPS) is 19.0. The lowest BCUT2D eigenvalue weighted by Gasteiger charge is -2.34. The minimum absolute atomic E-state index is 0.713. The molecule has 148 valence electrons. The predicted molar refractivity (Wildman–Crippen MR) is 115 cm³/mol. The zero-order valence-corrected chi connectivity index (χ0v) is 17.1. The number of benzene rings is 1. The first-order valence-electron chi connectivity index (χ1n) is 10.4. The summed E-state index contributed by atoms with van der Waals surface area (Å²) in [6.45, 7) is 10.2. The van der Waals surface area contributed by atoms with Crippen LogP contribution in [0, 0.1) is 11.8 Å². The molecule has 1 saturated heterocycles. The highest BCUT2D eigenvalue weighted by molar-refractivity contribution is 5.83. The Morgan fingerprint density at radius 3 is 2.96 bits per heavy atom. The van der Waals surface area contributed by atoms with Crippen molar-refractivity contribution in [3.8, 4) is 0 Å². The van der Waals surface area contributed by atoms with Crippen LogP contribution in [0.2, 0.25) is 0 Å². The van der Waals surface area contributed by atoms with E-state index in [1.807, 2.05) is 7.05 Å². The fraction of sp³-hybridized carbons (Fsp3) is 0.591. The van der Waals surface area contributed by atoms with Crippen molar-refractivity contribution >= 4 is 16.9 Å².